The molecule has 0 aliphatic rings. The maximum absolute atomic E-state index is 13.2. The first-order valence-corrected chi connectivity index (χ1v) is 6.10. The van der Waals surface area contributed by atoms with E-state index < -0.39 is 5.69 Å². The summed E-state index contributed by atoms with van der Waals surface area (Å²) in [5.74, 6) is 0.225. The second-order valence-electron chi connectivity index (χ2n) is 4.44. The van der Waals surface area contributed by atoms with E-state index in [0.29, 0.717) is 11.5 Å². The normalized spacial score (nSPS) is 12.5. The fraction of sp³-hybridized carbons (Fsp3) is 0.154. The van der Waals surface area contributed by atoms with E-state index in [2.05, 4.69) is 20.6 Å². The average Bonchev–Trinajstić information content (AvgIpc) is 2.80. The minimum Gasteiger partial charge on any atom is -0.362 e. The van der Waals surface area contributed by atoms with Gasteiger partial charge in [-0.1, -0.05) is 12.1 Å². The zero-order valence-corrected chi connectivity index (χ0v) is 10.7. The number of H-pyrrole nitrogens is 1. The summed E-state index contributed by atoms with van der Waals surface area (Å²) in [7, 11) is 0. The smallest absolute Gasteiger partial charge is 0.362 e. The van der Waals surface area contributed by atoms with Crippen LogP contribution in [-0.2, 0) is 0 Å². The fourth-order valence-electron chi connectivity index (χ4n) is 1.96. The summed E-state index contributed by atoms with van der Waals surface area (Å²) < 4.78 is 14.4. The number of anilines is 1. The van der Waals surface area contributed by atoms with Crippen molar-refractivity contribution in [1.29, 1.82) is 0 Å². The van der Waals surface area contributed by atoms with Crippen LogP contribution in [0.1, 0.15) is 18.5 Å². The molecule has 0 radical (unpaired) electrons. The number of nitrogens with zero attached hydrogens (tertiary/aromatic N) is 3. The number of aromatic nitrogens is 4. The predicted octanol–water partition coefficient (Wildman–Crippen LogP) is 1.73. The van der Waals surface area contributed by atoms with Crippen LogP contribution in [0.15, 0.2) is 41.2 Å². The molecule has 7 heteroatoms. The van der Waals surface area contributed by atoms with E-state index in [4.69, 9.17) is 0 Å². The Morgan fingerprint density at radius 1 is 1.35 bits per heavy atom. The van der Waals surface area contributed by atoms with Gasteiger partial charge in [-0.05, 0) is 36.8 Å². The van der Waals surface area contributed by atoms with Crippen molar-refractivity contribution in [2.45, 2.75) is 13.0 Å². The number of halogens is 1. The Balaban J connectivity index is 1.88. The topological polar surface area (TPSA) is 75.1 Å². The van der Waals surface area contributed by atoms with Gasteiger partial charge in [0, 0.05) is 0 Å². The third kappa shape index (κ3) is 2.25. The summed E-state index contributed by atoms with van der Waals surface area (Å²) in [5.41, 5.74) is 0.840. The first kappa shape index (κ1) is 12.3. The first-order chi connectivity index (χ1) is 9.63. The molecule has 6 nitrogen and oxygen atoms in total. The molecular formula is C13H12FN5O. The molecule has 2 aromatic heterocycles. The van der Waals surface area contributed by atoms with Gasteiger partial charge >= 0.3 is 5.69 Å². The van der Waals surface area contributed by atoms with Crippen molar-refractivity contribution in [3.8, 4) is 0 Å². The molecule has 102 valence electrons. The van der Waals surface area contributed by atoms with E-state index in [9.17, 15) is 9.18 Å². The first-order valence-electron chi connectivity index (χ1n) is 6.10. The minimum absolute atomic E-state index is 0.141. The van der Waals surface area contributed by atoms with Crippen molar-refractivity contribution >= 4 is 11.5 Å². The highest BCUT2D eigenvalue weighted by atomic mass is 19.1. The lowest BCUT2D eigenvalue weighted by Gasteiger charge is -2.14. The van der Waals surface area contributed by atoms with Crippen molar-refractivity contribution in [3.05, 3.63) is 58.3 Å². The Morgan fingerprint density at radius 3 is 3.00 bits per heavy atom. The van der Waals surface area contributed by atoms with Gasteiger partial charge in [-0.2, -0.15) is 9.61 Å². The zero-order valence-electron chi connectivity index (χ0n) is 10.7. The van der Waals surface area contributed by atoms with Gasteiger partial charge in [-0.15, -0.1) is 5.10 Å². The number of benzene rings is 1. The quantitative estimate of drug-likeness (QED) is 0.762. The van der Waals surface area contributed by atoms with Gasteiger partial charge in [0.15, 0.2) is 5.65 Å². The molecule has 0 aliphatic heterocycles. The standard InChI is InChI=1S/C13H12FN5O/c1-8(9-3-2-4-10(14)7-9)15-11-5-6-12-16-17-13(20)19(12)18-11/h2-8H,1H3,(H,15,18)(H,17,20). The maximum atomic E-state index is 13.2. The third-order valence-corrected chi connectivity index (χ3v) is 2.99. The molecule has 0 saturated carbocycles. The number of hydrogen-bond acceptors (Lipinski definition) is 4. The summed E-state index contributed by atoms with van der Waals surface area (Å²) >= 11 is 0. The van der Waals surface area contributed by atoms with Crippen molar-refractivity contribution in [2.24, 2.45) is 0 Å². The van der Waals surface area contributed by atoms with Gasteiger partial charge in [-0.3, -0.25) is 0 Å². The molecule has 3 rings (SSSR count). The largest absolute Gasteiger partial charge is 0.364 e. The maximum Gasteiger partial charge on any atom is 0.364 e. The molecule has 0 fully saturated rings. The monoisotopic (exact) mass is 273 g/mol. The fourth-order valence-corrected chi connectivity index (χ4v) is 1.96. The second kappa shape index (κ2) is 4.76. The second-order valence-corrected chi connectivity index (χ2v) is 4.44. The van der Waals surface area contributed by atoms with Gasteiger partial charge in [0.25, 0.3) is 0 Å². The minimum atomic E-state index is -0.401. The number of fused-ring (bicyclic) bond motifs is 1. The van der Waals surface area contributed by atoms with Crippen molar-refractivity contribution in [3.63, 3.8) is 0 Å². The van der Waals surface area contributed by atoms with Gasteiger partial charge in [-0.25, -0.2) is 14.3 Å². The molecule has 1 atom stereocenters. The van der Waals surface area contributed by atoms with Crippen LogP contribution in [0.3, 0.4) is 0 Å². The van der Waals surface area contributed by atoms with Crippen LogP contribution in [0.25, 0.3) is 5.65 Å². The molecule has 0 spiro atoms. The number of aromatic amines is 1. The van der Waals surface area contributed by atoms with Crippen molar-refractivity contribution in [1.82, 2.24) is 19.8 Å². The van der Waals surface area contributed by atoms with E-state index in [1.165, 1.54) is 16.6 Å². The Labute approximate surface area is 113 Å². The van der Waals surface area contributed by atoms with Gasteiger partial charge < -0.3 is 5.32 Å². The summed E-state index contributed by atoms with van der Waals surface area (Å²) in [4.78, 5) is 11.4. The lowest BCUT2D eigenvalue weighted by Crippen LogP contribution is -2.15. The predicted molar refractivity (Wildman–Crippen MR) is 72.0 cm³/mol. The lowest BCUT2D eigenvalue weighted by molar-refractivity contribution is 0.623. The Kier molecular flexibility index (Phi) is 2.94. The van der Waals surface area contributed by atoms with Crippen LogP contribution in [0.2, 0.25) is 0 Å². The van der Waals surface area contributed by atoms with E-state index in [0.717, 1.165) is 5.56 Å². The van der Waals surface area contributed by atoms with E-state index in [-0.39, 0.29) is 11.9 Å². The number of hydrogen-bond donors (Lipinski definition) is 2. The Hall–Kier alpha value is -2.70. The average molecular weight is 273 g/mol. The van der Waals surface area contributed by atoms with E-state index in [1.807, 2.05) is 13.0 Å². The van der Waals surface area contributed by atoms with E-state index >= 15 is 0 Å². The molecule has 3 aromatic rings. The van der Waals surface area contributed by atoms with Gasteiger partial charge in [0.2, 0.25) is 0 Å². The van der Waals surface area contributed by atoms with Gasteiger partial charge in [0.1, 0.15) is 11.6 Å². The molecule has 0 aliphatic carbocycles. The number of rotatable bonds is 3. The van der Waals surface area contributed by atoms with Crippen LogP contribution in [0.4, 0.5) is 10.2 Å². The number of nitrogens with one attached hydrogen (secondary N) is 2. The van der Waals surface area contributed by atoms with Gasteiger partial charge in [0.05, 0.1) is 6.04 Å². The van der Waals surface area contributed by atoms with E-state index in [1.54, 1.807) is 18.2 Å². The zero-order chi connectivity index (χ0) is 14.1. The van der Waals surface area contributed by atoms with Crippen LogP contribution in [0, 0.1) is 5.82 Å². The summed E-state index contributed by atoms with van der Waals surface area (Å²) in [6.07, 6.45) is 0. The van der Waals surface area contributed by atoms with Crippen molar-refractivity contribution in [2.75, 3.05) is 5.32 Å². The summed E-state index contributed by atoms with van der Waals surface area (Å²) in [6, 6.07) is 9.57. The van der Waals surface area contributed by atoms with Crippen LogP contribution < -0.4 is 11.0 Å². The SMILES string of the molecule is CC(Nc1ccc2n[nH]c(=O)n2n1)c1cccc(F)c1. The third-order valence-electron chi connectivity index (χ3n) is 2.99. The van der Waals surface area contributed by atoms with Crippen LogP contribution in [-0.4, -0.2) is 19.8 Å². The Morgan fingerprint density at radius 2 is 2.20 bits per heavy atom. The summed E-state index contributed by atoms with van der Waals surface area (Å²) in [6.45, 7) is 1.89. The molecule has 0 saturated heterocycles. The molecule has 2 heterocycles. The van der Waals surface area contributed by atoms with Crippen LogP contribution >= 0.6 is 0 Å². The molecule has 20 heavy (non-hydrogen) atoms. The molecular weight excluding hydrogens is 261 g/mol. The highest BCUT2D eigenvalue weighted by Crippen LogP contribution is 2.18. The Bertz CT molecular complexity index is 810. The molecule has 0 amide bonds. The molecule has 1 unspecified atom stereocenters. The highest BCUT2D eigenvalue weighted by Gasteiger charge is 2.08. The lowest BCUT2D eigenvalue weighted by atomic mass is 10.1. The molecule has 1 aromatic carbocycles. The highest BCUT2D eigenvalue weighted by molar-refractivity contribution is 5.44. The van der Waals surface area contributed by atoms with Crippen LogP contribution in [0.5, 0.6) is 0 Å². The molecule has 0 bridgehead atoms. The van der Waals surface area contributed by atoms with Crippen molar-refractivity contribution < 1.29 is 4.39 Å². The molecule has 2 N–H and O–H groups in total. The summed E-state index contributed by atoms with van der Waals surface area (Å²) in [5, 5.41) is 13.4.